The molecule has 7 heteroatoms. The summed E-state index contributed by atoms with van der Waals surface area (Å²) >= 11 is 0. The van der Waals surface area contributed by atoms with Crippen LogP contribution in [0, 0.1) is 5.92 Å². The highest BCUT2D eigenvalue weighted by Crippen LogP contribution is 2.26. The maximum atomic E-state index is 12.5. The average molecular weight is 334 g/mol. The van der Waals surface area contributed by atoms with Crippen molar-refractivity contribution in [2.75, 3.05) is 20.3 Å². The lowest BCUT2D eigenvalue weighted by atomic mass is 9.84. The Balaban J connectivity index is 1.94. The highest BCUT2D eigenvalue weighted by molar-refractivity contribution is 5.94. The minimum absolute atomic E-state index is 0.103. The van der Waals surface area contributed by atoms with E-state index in [2.05, 4.69) is 21.2 Å². The molecule has 1 heterocycles. The molecule has 24 heavy (non-hydrogen) atoms. The zero-order valence-electron chi connectivity index (χ0n) is 14.1. The van der Waals surface area contributed by atoms with Gasteiger partial charge in [0.2, 0.25) is 5.91 Å². The normalized spacial score (nSPS) is 16.4. The monoisotopic (exact) mass is 334 g/mol. The molecule has 7 nitrogen and oxygen atoms in total. The van der Waals surface area contributed by atoms with Gasteiger partial charge in [0.25, 0.3) is 5.91 Å². The van der Waals surface area contributed by atoms with E-state index >= 15 is 0 Å². The number of aromatic nitrogens is 1. The number of amides is 2. The molecule has 1 atom stereocenters. The van der Waals surface area contributed by atoms with E-state index in [0.717, 1.165) is 25.7 Å². The van der Waals surface area contributed by atoms with Gasteiger partial charge in [-0.3, -0.25) is 20.0 Å². The maximum Gasteiger partial charge on any atom is 0.265 e. The number of carbonyl (C=O) groups is 2. The van der Waals surface area contributed by atoms with E-state index in [-0.39, 0.29) is 17.7 Å². The number of hydrogen-bond acceptors (Lipinski definition) is 5. The molecule has 0 aliphatic heterocycles. The number of nitrogens with zero attached hydrogens (tertiary/aromatic N) is 1. The number of carbonyl (C=O) groups excluding carboxylic acids is 2. The first-order valence-corrected chi connectivity index (χ1v) is 8.45. The molecule has 1 aliphatic carbocycles. The Morgan fingerprint density at radius 1 is 1.25 bits per heavy atom. The van der Waals surface area contributed by atoms with Gasteiger partial charge in [-0.05, 0) is 30.9 Å². The summed E-state index contributed by atoms with van der Waals surface area (Å²) in [7, 11) is 1.60. The van der Waals surface area contributed by atoms with Crippen molar-refractivity contribution in [2.24, 2.45) is 5.92 Å². The zero-order valence-corrected chi connectivity index (χ0v) is 14.1. The molecule has 0 aromatic carbocycles. The van der Waals surface area contributed by atoms with Crippen molar-refractivity contribution in [1.82, 2.24) is 21.2 Å². The maximum absolute atomic E-state index is 12.5. The van der Waals surface area contributed by atoms with Crippen LogP contribution in [0.15, 0.2) is 24.5 Å². The predicted octanol–water partition coefficient (Wildman–Crippen LogP) is 1.03. The summed E-state index contributed by atoms with van der Waals surface area (Å²) in [5.41, 5.74) is 6.10. The van der Waals surface area contributed by atoms with Gasteiger partial charge in [0.05, 0.1) is 6.61 Å². The first-order chi connectivity index (χ1) is 11.7. The molecular weight excluding hydrogens is 308 g/mol. The molecule has 1 aliphatic rings. The molecular formula is C17H26N4O3. The molecule has 0 bridgehead atoms. The third-order valence-electron chi connectivity index (χ3n) is 4.29. The van der Waals surface area contributed by atoms with Crippen LogP contribution in [0.25, 0.3) is 0 Å². The summed E-state index contributed by atoms with van der Waals surface area (Å²) < 4.78 is 4.96. The van der Waals surface area contributed by atoms with Gasteiger partial charge in [-0.1, -0.05) is 19.3 Å². The van der Waals surface area contributed by atoms with Crippen LogP contribution in [0.5, 0.6) is 0 Å². The molecule has 1 aromatic rings. The van der Waals surface area contributed by atoms with Crippen LogP contribution >= 0.6 is 0 Å². The molecule has 0 radical (unpaired) electrons. The summed E-state index contributed by atoms with van der Waals surface area (Å²) in [4.78, 5) is 28.5. The summed E-state index contributed by atoms with van der Waals surface area (Å²) in [6.45, 7) is 0.922. The lowest BCUT2D eigenvalue weighted by Gasteiger charge is -2.30. The molecule has 3 N–H and O–H groups in total. The largest absolute Gasteiger partial charge is 0.383 e. The van der Waals surface area contributed by atoms with Crippen molar-refractivity contribution in [3.05, 3.63) is 30.1 Å². The van der Waals surface area contributed by atoms with Crippen molar-refractivity contribution < 1.29 is 14.3 Å². The molecule has 0 unspecified atom stereocenters. The lowest BCUT2D eigenvalue weighted by Crippen LogP contribution is -2.55. The average Bonchev–Trinajstić information content (AvgIpc) is 2.63. The SMILES string of the molecule is COCCNC(=O)[C@H](NNC(=O)c1ccncc1)C1CCCCC1. The topological polar surface area (TPSA) is 92.4 Å². The van der Waals surface area contributed by atoms with Gasteiger partial charge in [-0.25, -0.2) is 5.43 Å². The molecule has 0 saturated heterocycles. The highest BCUT2D eigenvalue weighted by Gasteiger charge is 2.29. The summed E-state index contributed by atoms with van der Waals surface area (Å²) in [6, 6.07) is 2.82. The fourth-order valence-corrected chi connectivity index (χ4v) is 2.97. The summed E-state index contributed by atoms with van der Waals surface area (Å²) in [6.07, 6.45) is 8.54. The number of rotatable bonds is 8. The second kappa shape index (κ2) is 10.00. The quantitative estimate of drug-likeness (QED) is 0.488. The molecule has 1 saturated carbocycles. The van der Waals surface area contributed by atoms with Gasteiger partial charge in [0.1, 0.15) is 6.04 Å². The Hall–Kier alpha value is -1.99. The van der Waals surface area contributed by atoms with Crippen molar-refractivity contribution >= 4 is 11.8 Å². The van der Waals surface area contributed by atoms with Crippen molar-refractivity contribution in [3.63, 3.8) is 0 Å². The van der Waals surface area contributed by atoms with Gasteiger partial charge in [-0.2, -0.15) is 0 Å². The number of hydrogen-bond donors (Lipinski definition) is 3. The van der Waals surface area contributed by atoms with E-state index in [9.17, 15) is 9.59 Å². The molecule has 0 spiro atoms. The summed E-state index contributed by atoms with van der Waals surface area (Å²) in [5.74, 6) is -0.157. The van der Waals surface area contributed by atoms with Gasteiger partial charge in [-0.15, -0.1) is 0 Å². The highest BCUT2D eigenvalue weighted by atomic mass is 16.5. The summed E-state index contributed by atoms with van der Waals surface area (Å²) in [5, 5.41) is 2.86. The van der Waals surface area contributed by atoms with Crippen LogP contribution in [-0.2, 0) is 9.53 Å². The van der Waals surface area contributed by atoms with Crippen molar-refractivity contribution in [1.29, 1.82) is 0 Å². The fourth-order valence-electron chi connectivity index (χ4n) is 2.97. The predicted molar refractivity (Wildman–Crippen MR) is 90.1 cm³/mol. The molecule has 2 amide bonds. The first-order valence-electron chi connectivity index (χ1n) is 8.45. The third kappa shape index (κ3) is 5.58. The smallest absolute Gasteiger partial charge is 0.265 e. The minimum atomic E-state index is -0.437. The number of nitrogens with one attached hydrogen (secondary N) is 3. The second-order valence-electron chi connectivity index (χ2n) is 5.99. The van der Waals surface area contributed by atoms with Crippen molar-refractivity contribution in [2.45, 2.75) is 38.1 Å². The van der Waals surface area contributed by atoms with E-state index in [1.807, 2.05) is 0 Å². The lowest BCUT2D eigenvalue weighted by molar-refractivity contribution is -0.125. The van der Waals surface area contributed by atoms with E-state index in [1.165, 1.54) is 6.42 Å². The number of methoxy groups -OCH3 is 1. The van der Waals surface area contributed by atoms with E-state index in [4.69, 9.17) is 4.74 Å². The van der Waals surface area contributed by atoms with Crippen LogP contribution in [0.2, 0.25) is 0 Å². The Morgan fingerprint density at radius 3 is 2.62 bits per heavy atom. The van der Waals surface area contributed by atoms with Gasteiger partial charge in [0.15, 0.2) is 0 Å². The van der Waals surface area contributed by atoms with Crippen LogP contribution in [0.4, 0.5) is 0 Å². The van der Waals surface area contributed by atoms with E-state index in [0.29, 0.717) is 18.7 Å². The van der Waals surface area contributed by atoms with Crippen LogP contribution in [0.1, 0.15) is 42.5 Å². The van der Waals surface area contributed by atoms with E-state index < -0.39 is 6.04 Å². The molecule has 1 aromatic heterocycles. The fraction of sp³-hybridized carbons (Fsp3) is 0.588. The van der Waals surface area contributed by atoms with Crippen molar-refractivity contribution in [3.8, 4) is 0 Å². The first kappa shape index (κ1) is 18.4. The Kier molecular flexibility index (Phi) is 7.64. The Labute approximate surface area is 142 Å². The van der Waals surface area contributed by atoms with Gasteiger partial charge >= 0.3 is 0 Å². The minimum Gasteiger partial charge on any atom is -0.383 e. The van der Waals surface area contributed by atoms with E-state index in [1.54, 1.807) is 31.6 Å². The Morgan fingerprint density at radius 2 is 1.96 bits per heavy atom. The standard InChI is InChI=1S/C17H26N4O3/c1-24-12-11-19-17(23)15(13-5-3-2-4-6-13)20-21-16(22)14-7-9-18-10-8-14/h7-10,13,15,20H,2-6,11-12H2,1H3,(H,19,23)(H,21,22)/t15-/m1/s1. The number of hydrazine groups is 1. The molecule has 1 fully saturated rings. The van der Waals surface area contributed by atoms with Gasteiger partial charge < -0.3 is 10.1 Å². The molecule has 132 valence electrons. The number of ether oxygens (including phenoxy) is 1. The van der Waals surface area contributed by atoms with Crippen LogP contribution in [0.3, 0.4) is 0 Å². The molecule has 2 rings (SSSR count). The Bertz CT molecular complexity index is 518. The number of pyridine rings is 1. The second-order valence-corrected chi connectivity index (χ2v) is 5.99. The van der Waals surface area contributed by atoms with Crippen LogP contribution < -0.4 is 16.2 Å². The van der Waals surface area contributed by atoms with Gasteiger partial charge in [0, 0.05) is 31.6 Å². The third-order valence-corrected chi connectivity index (χ3v) is 4.29. The zero-order chi connectivity index (χ0) is 17.2. The van der Waals surface area contributed by atoms with Crippen LogP contribution in [-0.4, -0.2) is 43.1 Å².